The predicted octanol–water partition coefficient (Wildman–Crippen LogP) is 3.66. The van der Waals surface area contributed by atoms with E-state index in [2.05, 4.69) is 0 Å². The zero-order valence-electron chi connectivity index (χ0n) is 13.0. The molecule has 0 aliphatic carbocycles. The van der Waals surface area contributed by atoms with E-state index in [0.29, 0.717) is 6.92 Å². The summed E-state index contributed by atoms with van der Waals surface area (Å²) < 4.78 is 167. The second-order valence-corrected chi connectivity index (χ2v) is 5.08. The summed E-state index contributed by atoms with van der Waals surface area (Å²) in [6, 6.07) is 0. The first-order valence-corrected chi connectivity index (χ1v) is 6.51. The molecule has 0 bridgehead atoms. The summed E-state index contributed by atoms with van der Waals surface area (Å²) in [5, 5.41) is 8.30. The van der Waals surface area contributed by atoms with Crippen LogP contribution in [0.3, 0.4) is 0 Å². The van der Waals surface area contributed by atoms with Gasteiger partial charge in [0, 0.05) is 6.54 Å². The molecule has 0 spiro atoms. The molecule has 0 aromatic carbocycles. The summed E-state index contributed by atoms with van der Waals surface area (Å²) in [6.07, 6.45) is -7.56. The van der Waals surface area contributed by atoms with Gasteiger partial charge in [-0.3, -0.25) is 9.59 Å². The van der Waals surface area contributed by atoms with Gasteiger partial charge in [-0.25, -0.2) is 0 Å². The fourth-order valence-corrected chi connectivity index (χ4v) is 1.59. The Kier molecular flexibility index (Phi) is 6.63. The van der Waals surface area contributed by atoms with Crippen LogP contribution in [0.1, 0.15) is 6.92 Å². The Morgan fingerprint density at radius 1 is 0.714 bits per heavy atom. The number of hydrogen-bond donors (Lipinski definition) is 1. The fraction of sp³-hybridized carbons (Fsp3) is 0.818. The molecule has 0 aliphatic heterocycles. The molecule has 1 N–H and O–H groups in total. The van der Waals surface area contributed by atoms with Crippen molar-refractivity contribution >= 4 is 11.9 Å². The van der Waals surface area contributed by atoms with Crippen molar-refractivity contribution in [3.8, 4) is 0 Å². The lowest BCUT2D eigenvalue weighted by atomic mass is 9.93. The fourth-order valence-electron chi connectivity index (χ4n) is 1.59. The minimum Gasteiger partial charge on any atom is -0.480 e. The Morgan fingerprint density at radius 3 is 1.36 bits per heavy atom. The number of carbonyl (C=O) groups is 2. The van der Waals surface area contributed by atoms with Gasteiger partial charge in [0.05, 0.1) is 0 Å². The Hall–Kier alpha value is -1.97. The number of rotatable bonds is 8. The van der Waals surface area contributed by atoms with Crippen LogP contribution in [0.15, 0.2) is 0 Å². The molecule has 0 saturated heterocycles. The molecule has 0 aliphatic rings. The van der Waals surface area contributed by atoms with E-state index in [1.165, 1.54) is 0 Å². The summed E-state index contributed by atoms with van der Waals surface area (Å²) in [4.78, 5) is 20.8. The maximum atomic E-state index is 13.5. The smallest absolute Gasteiger partial charge is 0.460 e. The van der Waals surface area contributed by atoms with Crippen molar-refractivity contribution < 1.29 is 71.8 Å². The number of halogens is 13. The van der Waals surface area contributed by atoms with Gasteiger partial charge < -0.3 is 10.0 Å². The molecule has 0 aromatic heterocycles. The van der Waals surface area contributed by atoms with E-state index in [1.807, 2.05) is 0 Å². The zero-order chi connectivity index (χ0) is 23.1. The molecule has 28 heavy (non-hydrogen) atoms. The minimum absolute atomic E-state index is 0.652. The molecule has 0 radical (unpaired) electrons. The number of carbonyl (C=O) groups excluding carboxylic acids is 1. The molecule has 0 atom stereocenters. The number of likely N-dealkylation sites (N-methyl/N-ethyl adjacent to an activating group) is 1. The number of nitrogens with zero attached hydrogens (tertiary/aromatic N) is 1. The van der Waals surface area contributed by atoms with E-state index >= 15 is 0 Å². The van der Waals surface area contributed by atoms with Crippen molar-refractivity contribution in [2.45, 2.75) is 42.7 Å². The molecule has 166 valence electrons. The first-order chi connectivity index (χ1) is 12.0. The summed E-state index contributed by atoms with van der Waals surface area (Å²) >= 11 is 0. The van der Waals surface area contributed by atoms with Gasteiger partial charge in [0.1, 0.15) is 6.54 Å². The lowest BCUT2D eigenvalue weighted by molar-refractivity contribution is -0.436. The monoisotopic (exact) mass is 449 g/mol. The van der Waals surface area contributed by atoms with Crippen LogP contribution in [0.25, 0.3) is 0 Å². The van der Waals surface area contributed by atoms with Gasteiger partial charge in [-0.15, -0.1) is 0 Å². The predicted molar refractivity (Wildman–Crippen MR) is 60.7 cm³/mol. The van der Waals surface area contributed by atoms with Gasteiger partial charge in [-0.05, 0) is 6.92 Å². The van der Waals surface area contributed by atoms with Crippen LogP contribution in [0.2, 0.25) is 0 Å². The quantitative estimate of drug-likeness (QED) is 0.576. The second-order valence-electron chi connectivity index (χ2n) is 5.08. The lowest BCUT2D eigenvalue weighted by Gasteiger charge is -2.40. The number of aliphatic carboxylic acids is 1. The zero-order valence-corrected chi connectivity index (χ0v) is 13.0. The van der Waals surface area contributed by atoms with Crippen LogP contribution in [-0.2, 0) is 9.59 Å². The Balaban J connectivity index is 6.39. The van der Waals surface area contributed by atoms with E-state index in [0.717, 1.165) is 0 Å². The SMILES string of the molecule is CCN(CC(=O)O)C(=O)C(F)(F)C(F)(F)C(F)(F)C(F)(F)C(F)(F)C(F)(F)F. The van der Waals surface area contributed by atoms with Gasteiger partial charge in [0.2, 0.25) is 0 Å². The highest BCUT2D eigenvalue weighted by Crippen LogP contribution is 2.60. The first-order valence-electron chi connectivity index (χ1n) is 6.51. The summed E-state index contributed by atoms with van der Waals surface area (Å²) in [7, 11) is 0. The number of carboxylic acid groups (broad SMARTS) is 1. The molecular weight excluding hydrogens is 441 g/mol. The van der Waals surface area contributed by atoms with Gasteiger partial charge in [-0.2, -0.15) is 57.1 Å². The number of alkyl halides is 13. The van der Waals surface area contributed by atoms with E-state index in [-0.39, 0.29) is 0 Å². The maximum Gasteiger partial charge on any atom is 0.460 e. The van der Waals surface area contributed by atoms with Crippen LogP contribution in [0.5, 0.6) is 0 Å². The number of hydrogen-bond acceptors (Lipinski definition) is 2. The van der Waals surface area contributed by atoms with Crippen LogP contribution < -0.4 is 0 Å². The molecule has 17 heteroatoms. The second kappa shape index (κ2) is 7.13. The summed E-state index contributed by atoms with van der Waals surface area (Å²) in [5.41, 5.74) is 0. The van der Waals surface area contributed by atoms with Crippen molar-refractivity contribution in [1.82, 2.24) is 4.90 Å². The molecule has 0 fully saturated rings. The van der Waals surface area contributed by atoms with Crippen molar-refractivity contribution in [2.24, 2.45) is 0 Å². The molecule has 4 nitrogen and oxygen atoms in total. The Morgan fingerprint density at radius 2 is 1.07 bits per heavy atom. The van der Waals surface area contributed by atoms with E-state index in [9.17, 15) is 66.7 Å². The normalized spacial score (nSPS) is 14.8. The largest absolute Gasteiger partial charge is 0.480 e. The van der Waals surface area contributed by atoms with E-state index < -0.39 is 65.7 Å². The highest BCUT2D eigenvalue weighted by Gasteiger charge is 2.91. The van der Waals surface area contributed by atoms with Crippen molar-refractivity contribution in [1.29, 1.82) is 0 Å². The first kappa shape index (κ1) is 26.0. The summed E-state index contributed by atoms with van der Waals surface area (Å²) in [5.74, 6) is -44.6. The Bertz CT molecular complexity index is 613. The molecular formula is C11H8F13NO3. The van der Waals surface area contributed by atoms with Gasteiger partial charge in [-0.1, -0.05) is 0 Å². The Labute approximate surface area is 145 Å². The molecule has 1 amide bonds. The highest BCUT2D eigenvalue weighted by molar-refractivity contribution is 5.87. The molecule has 0 rings (SSSR count). The van der Waals surface area contributed by atoms with E-state index in [4.69, 9.17) is 5.11 Å². The topological polar surface area (TPSA) is 57.6 Å². The van der Waals surface area contributed by atoms with Crippen molar-refractivity contribution in [2.75, 3.05) is 13.1 Å². The molecule has 0 saturated carbocycles. The average Bonchev–Trinajstić information content (AvgIpc) is 2.49. The van der Waals surface area contributed by atoms with E-state index in [1.54, 1.807) is 0 Å². The van der Waals surface area contributed by atoms with Crippen LogP contribution in [0, 0.1) is 0 Å². The number of amides is 1. The minimum atomic E-state index is -8.13. The lowest BCUT2D eigenvalue weighted by Crippen LogP contribution is -2.72. The third kappa shape index (κ3) is 3.66. The molecule has 0 heterocycles. The standard InChI is InChI=1S/C11H8F13NO3/c1-2-25(3-4(26)27)5(28)6(12,13)7(14,15)8(16,17)9(18,19)10(20,21)11(22,23)24/h2-3H2,1H3,(H,26,27). The maximum absolute atomic E-state index is 13.5. The van der Waals surface area contributed by atoms with Crippen LogP contribution in [-0.4, -0.2) is 70.8 Å². The molecule has 0 unspecified atom stereocenters. The molecule has 0 aromatic rings. The third-order valence-corrected chi connectivity index (χ3v) is 3.20. The summed E-state index contributed by atoms with van der Waals surface area (Å²) in [6.45, 7) is -2.36. The van der Waals surface area contributed by atoms with Crippen LogP contribution >= 0.6 is 0 Å². The van der Waals surface area contributed by atoms with Crippen molar-refractivity contribution in [3.05, 3.63) is 0 Å². The van der Waals surface area contributed by atoms with Gasteiger partial charge in [0.15, 0.2) is 0 Å². The highest BCUT2D eigenvalue weighted by atomic mass is 19.4. The van der Waals surface area contributed by atoms with Gasteiger partial charge >= 0.3 is 41.8 Å². The van der Waals surface area contributed by atoms with Crippen LogP contribution in [0.4, 0.5) is 57.1 Å². The van der Waals surface area contributed by atoms with Gasteiger partial charge in [0.25, 0.3) is 5.91 Å². The number of carboxylic acids is 1. The third-order valence-electron chi connectivity index (χ3n) is 3.20. The average molecular weight is 449 g/mol. The van der Waals surface area contributed by atoms with Crippen molar-refractivity contribution in [3.63, 3.8) is 0 Å².